The van der Waals surface area contributed by atoms with Crippen LogP contribution in [0.4, 0.5) is 0 Å². The molecule has 1 saturated heterocycles. The van der Waals surface area contributed by atoms with Crippen molar-refractivity contribution in [2.75, 3.05) is 46.9 Å². The zero-order valence-corrected chi connectivity index (χ0v) is 11.0. The van der Waals surface area contributed by atoms with Crippen molar-refractivity contribution in [2.24, 2.45) is 0 Å². The quantitative estimate of drug-likeness (QED) is 0.688. The van der Waals surface area contributed by atoms with Crippen LogP contribution in [0.15, 0.2) is 0 Å². The van der Waals surface area contributed by atoms with Gasteiger partial charge in [0.15, 0.2) is 0 Å². The van der Waals surface area contributed by atoms with Gasteiger partial charge in [0.25, 0.3) is 10.2 Å². The molecule has 7 heteroatoms. The van der Waals surface area contributed by atoms with E-state index < -0.39 is 10.2 Å². The first-order valence-electron chi connectivity index (χ1n) is 5.43. The Hall–Kier alpha value is -0.210. The van der Waals surface area contributed by atoms with E-state index in [-0.39, 0.29) is 6.04 Å². The van der Waals surface area contributed by atoms with E-state index in [9.17, 15) is 8.42 Å². The molecule has 0 aromatic heterocycles. The minimum absolute atomic E-state index is 0.00347. The van der Waals surface area contributed by atoms with Gasteiger partial charge < -0.3 is 10.1 Å². The van der Waals surface area contributed by atoms with E-state index in [1.807, 2.05) is 6.92 Å². The fourth-order valence-corrected chi connectivity index (χ4v) is 3.19. The number of nitrogens with one attached hydrogen (secondary N) is 1. The van der Waals surface area contributed by atoms with Gasteiger partial charge in [0.2, 0.25) is 0 Å². The lowest BCUT2D eigenvalue weighted by Crippen LogP contribution is -2.55. The van der Waals surface area contributed by atoms with Crippen LogP contribution in [-0.2, 0) is 14.9 Å². The maximum Gasteiger partial charge on any atom is 0.282 e. The molecule has 1 aliphatic heterocycles. The number of ether oxygens (including phenoxy) is 1. The third-order valence-electron chi connectivity index (χ3n) is 2.74. The SMILES string of the molecule is COCCN(C)S(=O)(=O)N1CCNCC1C. The predicted molar refractivity (Wildman–Crippen MR) is 62.5 cm³/mol. The minimum atomic E-state index is -3.34. The first-order chi connectivity index (χ1) is 7.50. The molecule has 0 aromatic rings. The van der Waals surface area contributed by atoms with Gasteiger partial charge in [-0.2, -0.15) is 17.0 Å². The normalized spacial score (nSPS) is 23.9. The van der Waals surface area contributed by atoms with E-state index in [4.69, 9.17) is 4.74 Å². The molecule has 0 aliphatic carbocycles. The lowest BCUT2D eigenvalue weighted by Gasteiger charge is -2.35. The molecule has 6 nitrogen and oxygen atoms in total. The Bertz CT molecular complexity index is 307. The monoisotopic (exact) mass is 251 g/mol. The standard InChI is InChI=1S/C9H21N3O3S/c1-9-8-10-4-5-12(9)16(13,14)11(2)6-7-15-3/h9-10H,4-8H2,1-3H3. The van der Waals surface area contributed by atoms with Gasteiger partial charge in [-0.25, -0.2) is 0 Å². The highest BCUT2D eigenvalue weighted by Crippen LogP contribution is 2.12. The molecule has 16 heavy (non-hydrogen) atoms. The summed E-state index contributed by atoms with van der Waals surface area (Å²) in [4.78, 5) is 0. The Kier molecular flexibility index (Phi) is 5.13. The maximum absolute atomic E-state index is 12.2. The predicted octanol–water partition coefficient (Wildman–Crippen LogP) is -0.897. The van der Waals surface area contributed by atoms with E-state index >= 15 is 0 Å². The number of piperazine rings is 1. The van der Waals surface area contributed by atoms with Crippen molar-refractivity contribution in [3.8, 4) is 0 Å². The van der Waals surface area contributed by atoms with Crippen LogP contribution in [-0.4, -0.2) is 70.0 Å². The molecule has 0 amide bonds. The second-order valence-corrected chi connectivity index (χ2v) is 5.97. The number of hydrogen-bond acceptors (Lipinski definition) is 4. The van der Waals surface area contributed by atoms with Crippen molar-refractivity contribution in [3.05, 3.63) is 0 Å². The van der Waals surface area contributed by atoms with Crippen molar-refractivity contribution >= 4 is 10.2 Å². The Balaban J connectivity index is 2.67. The van der Waals surface area contributed by atoms with Gasteiger partial charge in [0.05, 0.1) is 6.61 Å². The van der Waals surface area contributed by atoms with E-state index in [1.54, 1.807) is 18.5 Å². The van der Waals surface area contributed by atoms with E-state index in [1.165, 1.54) is 4.31 Å². The van der Waals surface area contributed by atoms with Crippen molar-refractivity contribution in [1.29, 1.82) is 0 Å². The van der Waals surface area contributed by atoms with Crippen LogP contribution in [0.1, 0.15) is 6.92 Å². The third-order valence-corrected chi connectivity index (χ3v) is 4.85. The van der Waals surface area contributed by atoms with E-state index in [0.29, 0.717) is 32.8 Å². The molecule has 96 valence electrons. The summed E-state index contributed by atoms with van der Waals surface area (Å²) in [5, 5.41) is 3.17. The first kappa shape index (κ1) is 13.9. The lowest BCUT2D eigenvalue weighted by atomic mass is 10.3. The number of likely N-dealkylation sites (N-methyl/N-ethyl adjacent to an activating group) is 1. The average molecular weight is 251 g/mol. The molecule has 1 rings (SSSR count). The molecular formula is C9H21N3O3S. The van der Waals surface area contributed by atoms with Gasteiger partial charge in [-0.3, -0.25) is 0 Å². The Morgan fingerprint density at radius 1 is 1.56 bits per heavy atom. The summed E-state index contributed by atoms with van der Waals surface area (Å²) in [7, 11) is -0.187. The van der Waals surface area contributed by atoms with Gasteiger partial charge in [-0.1, -0.05) is 0 Å². The van der Waals surface area contributed by atoms with E-state index in [2.05, 4.69) is 5.32 Å². The van der Waals surface area contributed by atoms with Crippen molar-refractivity contribution < 1.29 is 13.2 Å². The summed E-state index contributed by atoms with van der Waals surface area (Å²) < 4.78 is 32.1. The topological polar surface area (TPSA) is 61.9 Å². The highest BCUT2D eigenvalue weighted by molar-refractivity contribution is 7.86. The summed E-state index contributed by atoms with van der Waals surface area (Å²) in [6, 6.07) is 0.00347. The molecule has 0 radical (unpaired) electrons. The van der Waals surface area contributed by atoms with Crippen LogP contribution in [0.25, 0.3) is 0 Å². The first-order valence-corrected chi connectivity index (χ1v) is 6.82. The second-order valence-electron chi connectivity index (χ2n) is 3.99. The largest absolute Gasteiger partial charge is 0.383 e. The molecule has 1 heterocycles. The fraction of sp³-hybridized carbons (Fsp3) is 1.00. The zero-order chi connectivity index (χ0) is 12.2. The number of rotatable bonds is 5. The summed E-state index contributed by atoms with van der Waals surface area (Å²) in [5.41, 5.74) is 0. The number of hydrogen-bond donors (Lipinski definition) is 1. The molecule has 1 N–H and O–H groups in total. The molecule has 0 bridgehead atoms. The maximum atomic E-state index is 12.2. The van der Waals surface area contributed by atoms with Crippen molar-refractivity contribution in [1.82, 2.24) is 13.9 Å². The summed E-state index contributed by atoms with van der Waals surface area (Å²) >= 11 is 0. The van der Waals surface area contributed by atoms with Gasteiger partial charge in [0.1, 0.15) is 0 Å². The smallest absolute Gasteiger partial charge is 0.282 e. The highest BCUT2D eigenvalue weighted by atomic mass is 32.2. The van der Waals surface area contributed by atoms with Crippen molar-refractivity contribution in [3.63, 3.8) is 0 Å². The summed E-state index contributed by atoms with van der Waals surface area (Å²) in [6.07, 6.45) is 0. The van der Waals surface area contributed by atoms with Crippen LogP contribution in [0.5, 0.6) is 0 Å². The Labute approximate surface area is 97.7 Å². The lowest BCUT2D eigenvalue weighted by molar-refractivity contribution is 0.179. The summed E-state index contributed by atoms with van der Waals surface area (Å²) in [5.74, 6) is 0. The molecule has 1 unspecified atom stereocenters. The van der Waals surface area contributed by atoms with Crippen LogP contribution in [0.2, 0.25) is 0 Å². The molecule has 1 aliphatic rings. The molecular weight excluding hydrogens is 230 g/mol. The second kappa shape index (κ2) is 5.92. The molecule has 0 saturated carbocycles. The molecule has 1 fully saturated rings. The number of methoxy groups -OCH3 is 1. The Morgan fingerprint density at radius 3 is 2.81 bits per heavy atom. The van der Waals surface area contributed by atoms with Crippen LogP contribution >= 0.6 is 0 Å². The van der Waals surface area contributed by atoms with E-state index in [0.717, 1.165) is 0 Å². The summed E-state index contributed by atoms with van der Waals surface area (Å²) in [6.45, 7) is 4.65. The minimum Gasteiger partial charge on any atom is -0.383 e. The van der Waals surface area contributed by atoms with Gasteiger partial charge in [-0.15, -0.1) is 0 Å². The number of nitrogens with zero attached hydrogens (tertiary/aromatic N) is 2. The third kappa shape index (κ3) is 3.14. The van der Waals surface area contributed by atoms with Crippen LogP contribution in [0, 0.1) is 0 Å². The molecule has 0 spiro atoms. The zero-order valence-electron chi connectivity index (χ0n) is 10.1. The molecule has 0 aromatic carbocycles. The highest BCUT2D eigenvalue weighted by Gasteiger charge is 2.32. The van der Waals surface area contributed by atoms with Crippen LogP contribution < -0.4 is 5.32 Å². The van der Waals surface area contributed by atoms with Gasteiger partial charge >= 0.3 is 0 Å². The van der Waals surface area contributed by atoms with Crippen LogP contribution in [0.3, 0.4) is 0 Å². The Morgan fingerprint density at radius 2 is 2.25 bits per heavy atom. The van der Waals surface area contributed by atoms with Gasteiger partial charge in [0, 0.05) is 46.4 Å². The van der Waals surface area contributed by atoms with Crippen molar-refractivity contribution in [2.45, 2.75) is 13.0 Å². The molecule has 1 atom stereocenters. The average Bonchev–Trinajstić information content (AvgIpc) is 2.26. The van der Waals surface area contributed by atoms with Gasteiger partial charge in [-0.05, 0) is 6.92 Å². The fourth-order valence-electron chi connectivity index (χ4n) is 1.68.